The van der Waals surface area contributed by atoms with E-state index in [4.69, 9.17) is 9.84 Å². The van der Waals surface area contributed by atoms with Crippen LogP contribution in [0.1, 0.15) is 13.8 Å². The Labute approximate surface area is 93.4 Å². The molecule has 0 saturated carbocycles. The van der Waals surface area contributed by atoms with E-state index >= 15 is 0 Å². The third-order valence-corrected chi connectivity index (χ3v) is 2.55. The standard InChI is InChI=1S/C11H14O3S/c1-8(2)14-11(13)7-15-10-5-3-9(12)4-6-10/h3-6,8,12H,7H2,1-2H3. The zero-order valence-electron chi connectivity index (χ0n) is 8.77. The van der Waals surface area contributed by atoms with Gasteiger partial charge in [0.15, 0.2) is 0 Å². The van der Waals surface area contributed by atoms with Crippen LogP contribution >= 0.6 is 11.8 Å². The Hall–Kier alpha value is -1.16. The first-order valence-electron chi connectivity index (χ1n) is 4.69. The third kappa shape index (κ3) is 4.74. The number of carbonyl (C=O) groups excluding carboxylic acids is 1. The van der Waals surface area contributed by atoms with Crippen LogP contribution in [0.25, 0.3) is 0 Å². The fourth-order valence-electron chi connectivity index (χ4n) is 0.982. The molecule has 0 fully saturated rings. The molecule has 3 nitrogen and oxygen atoms in total. The van der Waals surface area contributed by atoms with E-state index in [0.717, 1.165) is 4.90 Å². The quantitative estimate of drug-likeness (QED) is 0.632. The molecular formula is C11H14O3S. The zero-order chi connectivity index (χ0) is 11.3. The number of esters is 1. The minimum absolute atomic E-state index is 0.0714. The maximum absolute atomic E-state index is 11.2. The molecule has 1 N–H and O–H groups in total. The highest BCUT2D eigenvalue weighted by atomic mass is 32.2. The lowest BCUT2D eigenvalue weighted by Gasteiger charge is -2.07. The number of benzene rings is 1. The number of thioether (sulfide) groups is 1. The van der Waals surface area contributed by atoms with Gasteiger partial charge in [-0.1, -0.05) is 0 Å². The highest BCUT2D eigenvalue weighted by Gasteiger charge is 2.05. The van der Waals surface area contributed by atoms with Crippen LogP contribution < -0.4 is 0 Å². The summed E-state index contributed by atoms with van der Waals surface area (Å²) < 4.78 is 4.99. The van der Waals surface area contributed by atoms with Crippen molar-refractivity contribution in [2.24, 2.45) is 0 Å². The molecule has 82 valence electrons. The summed E-state index contributed by atoms with van der Waals surface area (Å²) in [6, 6.07) is 6.72. The lowest BCUT2D eigenvalue weighted by atomic mass is 10.3. The Kier molecular flexibility index (Phi) is 4.49. The second kappa shape index (κ2) is 5.66. The number of ether oxygens (including phenoxy) is 1. The Balaban J connectivity index is 2.37. The molecule has 4 heteroatoms. The van der Waals surface area contributed by atoms with E-state index in [2.05, 4.69) is 0 Å². The lowest BCUT2D eigenvalue weighted by Crippen LogP contribution is -2.13. The van der Waals surface area contributed by atoms with Gasteiger partial charge >= 0.3 is 5.97 Å². The Morgan fingerprint density at radius 2 is 2.00 bits per heavy atom. The van der Waals surface area contributed by atoms with Crippen molar-refractivity contribution in [1.29, 1.82) is 0 Å². The van der Waals surface area contributed by atoms with Crippen LogP contribution in [-0.4, -0.2) is 22.9 Å². The third-order valence-electron chi connectivity index (χ3n) is 1.56. The fourth-order valence-corrected chi connectivity index (χ4v) is 1.66. The summed E-state index contributed by atoms with van der Waals surface area (Å²) in [6.45, 7) is 3.65. The van der Waals surface area contributed by atoms with Crippen molar-refractivity contribution in [3.8, 4) is 5.75 Å². The van der Waals surface area contributed by atoms with Gasteiger partial charge in [0.05, 0.1) is 11.9 Å². The van der Waals surface area contributed by atoms with Gasteiger partial charge < -0.3 is 9.84 Å². The highest BCUT2D eigenvalue weighted by molar-refractivity contribution is 8.00. The van der Waals surface area contributed by atoms with Gasteiger partial charge in [-0.3, -0.25) is 4.79 Å². The zero-order valence-corrected chi connectivity index (χ0v) is 9.58. The van der Waals surface area contributed by atoms with Gasteiger partial charge in [-0.15, -0.1) is 11.8 Å². The molecule has 1 aromatic rings. The minimum Gasteiger partial charge on any atom is -0.508 e. The number of rotatable bonds is 4. The molecule has 0 unspecified atom stereocenters. The molecule has 0 spiro atoms. The largest absolute Gasteiger partial charge is 0.508 e. The molecule has 0 bridgehead atoms. The van der Waals surface area contributed by atoms with Crippen molar-refractivity contribution in [3.63, 3.8) is 0 Å². The number of carbonyl (C=O) groups is 1. The van der Waals surface area contributed by atoms with Crippen molar-refractivity contribution in [3.05, 3.63) is 24.3 Å². The number of phenols is 1. The number of hydrogen-bond donors (Lipinski definition) is 1. The summed E-state index contributed by atoms with van der Waals surface area (Å²) in [5.74, 6) is 0.301. The van der Waals surface area contributed by atoms with Crippen LogP contribution in [0.5, 0.6) is 5.75 Å². The summed E-state index contributed by atoms with van der Waals surface area (Å²) in [5.41, 5.74) is 0. The molecule has 0 heterocycles. The van der Waals surface area contributed by atoms with Crippen LogP contribution in [0.2, 0.25) is 0 Å². The van der Waals surface area contributed by atoms with Crippen molar-refractivity contribution >= 4 is 17.7 Å². The minimum atomic E-state index is -0.219. The number of hydrogen-bond acceptors (Lipinski definition) is 4. The molecule has 0 amide bonds. The molecular weight excluding hydrogens is 212 g/mol. The molecule has 0 aliphatic rings. The average molecular weight is 226 g/mol. The molecule has 0 aliphatic carbocycles. The van der Waals surface area contributed by atoms with Crippen LogP contribution in [0.3, 0.4) is 0 Å². The smallest absolute Gasteiger partial charge is 0.316 e. The van der Waals surface area contributed by atoms with E-state index in [9.17, 15) is 4.79 Å². The average Bonchev–Trinajstić information content (AvgIpc) is 2.16. The first-order valence-corrected chi connectivity index (χ1v) is 5.68. The molecule has 1 aromatic carbocycles. The molecule has 0 aliphatic heterocycles. The van der Waals surface area contributed by atoms with Gasteiger partial charge in [-0.25, -0.2) is 0 Å². The van der Waals surface area contributed by atoms with Crippen LogP contribution in [0.4, 0.5) is 0 Å². The van der Waals surface area contributed by atoms with Crippen molar-refractivity contribution in [1.82, 2.24) is 0 Å². The summed E-state index contributed by atoms with van der Waals surface area (Å²) in [6.07, 6.45) is -0.0714. The van der Waals surface area contributed by atoms with Crippen LogP contribution in [-0.2, 0) is 9.53 Å². The van der Waals surface area contributed by atoms with Gasteiger partial charge in [0, 0.05) is 4.90 Å². The second-order valence-corrected chi connectivity index (χ2v) is 4.37. The highest BCUT2D eigenvalue weighted by Crippen LogP contribution is 2.20. The summed E-state index contributed by atoms with van der Waals surface area (Å²) in [5, 5.41) is 9.05. The molecule has 0 atom stereocenters. The van der Waals surface area contributed by atoms with Crippen molar-refractivity contribution in [2.45, 2.75) is 24.8 Å². The SMILES string of the molecule is CC(C)OC(=O)CSc1ccc(O)cc1. The molecule has 0 saturated heterocycles. The Morgan fingerprint density at radius 3 is 2.53 bits per heavy atom. The molecule has 15 heavy (non-hydrogen) atoms. The number of phenolic OH excluding ortho intramolecular Hbond substituents is 1. The predicted molar refractivity (Wildman–Crippen MR) is 60.1 cm³/mol. The Morgan fingerprint density at radius 1 is 1.40 bits per heavy atom. The second-order valence-electron chi connectivity index (χ2n) is 3.32. The van der Waals surface area contributed by atoms with Gasteiger partial charge in [0.25, 0.3) is 0 Å². The van der Waals surface area contributed by atoms with Crippen molar-refractivity contribution < 1.29 is 14.6 Å². The first kappa shape index (κ1) is 11.9. The number of aromatic hydroxyl groups is 1. The monoisotopic (exact) mass is 226 g/mol. The van der Waals surface area contributed by atoms with E-state index in [1.807, 2.05) is 13.8 Å². The summed E-state index contributed by atoms with van der Waals surface area (Å²) in [4.78, 5) is 12.1. The topological polar surface area (TPSA) is 46.5 Å². The lowest BCUT2D eigenvalue weighted by molar-refractivity contribution is -0.144. The van der Waals surface area contributed by atoms with E-state index in [-0.39, 0.29) is 17.8 Å². The van der Waals surface area contributed by atoms with Gasteiger partial charge in [0.1, 0.15) is 5.75 Å². The van der Waals surface area contributed by atoms with E-state index < -0.39 is 0 Å². The first-order chi connectivity index (χ1) is 7.08. The molecule has 1 rings (SSSR count). The maximum Gasteiger partial charge on any atom is 0.316 e. The van der Waals surface area contributed by atoms with Gasteiger partial charge in [0.2, 0.25) is 0 Å². The predicted octanol–water partition coefficient (Wildman–Crippen LogP) is 2.44. The van der Waals surface area contributed by atoms with E-state index in [0.29, 0.717) is 5.75 Å². The normalized spacial score (nSPS) is 10.3. The van der Waals surface area contributed by atoms with Crippen LogP contribution in [0, 0.1) is 0 Å². The van der Waals surface area contributed by atoms with E-state index in [1.54, 1.807) is 24.3 Å². The van der Waals surface area contributed by atoms with Gasteiger partial charge in [-0.2, -0.15) is 0 Å². The van der Waals surface area contributed by atoms with Gasteiger partial charge in [-0.05, 0) is 38.1 Å². The van der Waals surface area contributed by atoms with E-state index in [1.165, 1.54) is 11.8 Å². The fraction of sp³-hybridized carbons (Fsp3) is 0.364. The Bertz CT molecular complexity index is 319. The summed E-state index contributed by atoms with van der Waals surface area (Å²) >= 11 is 1.39. The van der Waals surface area contributed by atoms with Crippen LogP contribution in [0.15, 0.2) is 29.2 Å². The van der Waals surface area contributed by atoms with Crippen molar-refractivity contribution in [2.75, 3.05) is 5.75 Å². The molecule has 0 aromatic heterocycles. The maximum atomic E-state index is 11.2. The molecule has 0 radical (unpaired) electrons. The summed E-state index contributed by atoms with van der Waals surface area (Å²) in [7, 11) is 0.